The van der Waals surface area contributed by atoms with Gasteiger partial charge in [0.25, 0.3) is 0 Å². The third-order valence-electron chi connectivity index (χ3n) is 5.10. The van der Waals surface area contributed by atoms with Crippen molar-refractivity contribution in [1.82, 2.24) is 0 Å². The maximum atomic E-state index is 6.49. The fourth-order valence-electron chi connectivity index (χ4n) is 3.93. The summed E-state index contributed by atoms with van der Waals surface area (Å²) in [5.74, 6) is 2.61. The van der Waals surface area contributed by atoms with E-state index in [1.807, 2.05) is 0 Å². The monoisotopic (exact) mass is 259 g/mol. The van der Waals surface area contributed by atoms with Crippen molar-refractivity contribution in [1.29, 1.82) is 0 Å². The standard InChI is InChI=1S/C17H25NO/c1-19-11-10-12-6-8-13(9-7-12)17(18)16-14-4-2-3-5-15(14)16/h6-9,14-17H,2-5,10-11,18H2,1H3. The summed E-state index contributed by atoms with van der Waals surface area (Å²) in [6, 6.07) is 9.12. The van der Waals surface area contributed by atoms with Crippen molar-refractivity contribution in [3.8, 4) is 0 Å². The maximum absolute atomic E-state index is 6.49. The summed E-state index contributed by atoms with van der Waals surface area (Å²) >= 11 is 0. The molecule has 3 unspecified atom stereocenters. The number of hydrogen-bond acceptors (Lipinski definition) is 2. The van der Waals surface area contributed by atoms with Crippen molar-refractivity contribution >= 4 is 0 Å². The minimum absolute atomic E-state index is 0.254. The molecule has 2 fully saturated rings. The molecule has 0 amide bonds. The van der Waals surface area contributed by atoms with E-state index in [1.54, 1.807) is 7.11 Å². The SMILES string of the molecule is COCCc1ccc(C(N)C2C3CCCCC32)cc1. The van der Waals surface area contributed by atoms with E-state index in [0.29, 0.717) is 0 Å². The molecule has 0 heterocycles. The summed E-state index contributed by atoms with van der Waals surface area (Å²) in [6.45, 7) is 0.790. The molecule has 2 nitrogen and oxygen atoms in total. The van der Waals surface area contributed by atoms with Gasteiger partial charge in [-0.2, -0.15) is 0 Å². The molecular formula is C17H25NO. The van der Waals surface area contributed by atoms with Crippen LogP contribution in [0.25, 0.3) is 0 Å². The highest BCUT2D eigenvalue weighted by Crippen LogP contribution is 2.59. The number of ether oxygens (including phenoxy) is 1. The zero-order valence-corrected chi connectivity index (χ0v) is 11.8. The lowest BCUT2D eigenvalue weighted by Gasteiger charge is -2.13. The van der Waals surface area contributed by atoms with Crippen LogP contribution in [0.2, 0.25) is 0 Å². The predicted molar refractivity (Wildman–Crippen MR) is 77.9 cm³/mol. The molecule has 0 aliphatic heterocycles. The molecule has 0 spiro atoms. The average Bonchev–Trinajstić information content (AvgIpc) is 3.19. The lowest BCUT2D eigenvalue weighted by atomic mass is 9.99. The fourth-order valence-corrected chi connectivity index (χ4v) is 3.93. The molecule has 2 heteroatoms. The average molecular weight is 259 g/mol. The van der Waals surface area contributed by atoms with Gasteiger partial charge in [-0.05, 0) is 48.1 Å². The molecule has 0 radical (unpaired) electrons. The lowest BCUT2D eigenvalue weighted by Crippen LogP contribution is -2.14. The number of benzene rings is 1. The van der Waals surface area contributed by atoms with Gasteiger partial charge in [-0.3, -0.25) is 0 Å². The van der Waals surface area contributed by atoms with Crippen LogP contribution >= 0.6 is 0 Å². The van der Waals surface area contributed by atoms with E-state index < -0.39 is 0 Å². The van der Waals surface area contributed by atoms with Crippen LogP contribution in [0, 0.1) is 17.8 Å². The maximum Gasteiger partial charge on any atom is 0.0502 e. The molecule has 3 atom stereocenters. The summed E-state index contributed by atoms with van der Waals surface area (Å²) < 4.78 is 5.11. The van der Waals surface area contributed by atoms with E-state index in [9.17, 15) is 0 Å². The van der Waals surface area contributed by atoms with Gasteiger partial charge in [0, 0.05) is 13.2 Å². The van der Waals surface area contributed by atoms with Gasteiger partial charge in [0.2, 0.25) is 0 Å². The van der Waals surface area contributed by atoms with Gasteiger partial charge in [0.05, 0.1) is 6.61 Å². The predicted octanol–water partition coefficient (Wildman–Crippen LogP) is 3.31. The van der Waals surface area contributed by atoms with E-state index in [0.717, 1.165) is 30.8 Å². The van der Waals surface area contributed by atoms with Crippen LogP contribution in [0.1, 0.15) is 42.9 Å². The van der Waals surface area contributed by atoms with Gasteiger partial charge in [-0.15, -0.1) is 0 Å². The Hall–Kier alpha value is -0.860. The van der Waals surface area contributed by atoms with Gasteiger partial charge < -0.3 is 10.5 Å². The molecule has 0 saturated heterocycles. The Balaban J connectivity index is 1.62. The van der Waals surface area contributed by atoms with Crippen molar-refractivity contribution in [3.63, 3.8) is 0 Å². The second-order valence-electron chi connectivity index (χ2n) is 6.20. The molecule has 19 heavy (non-hydrogen) atoms. The number of rotatable bonds is 5. The summed E-state index contributed by atoms with van der Waals surface area (Å²) in [5.41, 5.74) is 9.14. The van der Waals surface area contributed by atoms with E-state index in [4.69, 9.17) is 10.5 Å². The molecule has 1 aromatic carbocycles. The first-order chi connectivity index (χ1) is 9.31. The molecule has 2 saturated carbocycles. The second-order valence-corrected chi connectivity index (χ2v) is 6.20. The molecule has 0 aromatic heterocycles. The molecular weight excluding hydrogens is 234 g/mol. The highest BCUT2D eigenvalue weighted by molar-refractivity contribution is 5.27. The molecule has 2 aliphatic carbocycles. The van der Waals surface area contributed by atoms with Crippen LogP contribution in [0.4, 0.5) is 0 Å². The Kier molecular flexibility index (Phi) is 3.90. The summed E-state index contributed by atoms with van der Waals surface area (Å²) in [5, 5.41) is 0. The fraction of sp³-hybridized carbons (Fsp3) is 0.647. The van der Waals surface area contributed by atoms with E-state index in [2.05, 4.69) is 24.3 Å². The van der Waals surface area contributed by atoms with E-state index in [1.165, 1.54) is 36.8 Å². The van der Waals surface area contributed by atoms with Crippen LogP contribution < -0.4 is 5.73 Å². The first-order valence-electron chi connectivity index (χ1n) is 7.64. The zero-order chi connectivity index (χ0) is 13.2. The third kappa shape index (κ3) is 2.70. The Bertz CT molecular complexity index is 402. The number of hydrogen-bond donors (Lipinski definition) is 1. The summed E-state index contributed by atoms with van der Waals surface area (Å²) in [7, 11) is 1.75. The van der Waals surface area contributed by atoms with Crippen molar-refractivity contribution in [3.05, 3.63) is 35.4 Å². The number of methoxy groups -OCH3 is 1. The van der Waals surface area contributed by atoms with Gasteiger partial charge in [0.15, 0.2) is 0 Å². The van der Waals surface area contributed by atoms with Gasteiger partial charge in [-0.1, -0.05) is 37.1 Å². The largest absolute Gasteiger partial charge is 0.384 e. The zero-order valence-electron chi connectivity index (χ0n) is 11.8. The Morgan fingerprint density at radius 3 is 2.37 bits per heavy atom. The lowest BCUT2D eigenvalue weighted by molar-refractivity contribution is 0.202. The Labute approximate surface area is 116 Å². The van der Waals surface area contributed by atoms with Crippen LogP contribution in [0.3, 0.4) is 0 Å². The van der Waals surface area contributed by atoms with Gasteiger partial charge in [0.1, 0.15) is 0 Å². The van der Waals surface area contributed by atoms with E-state index in [-0.39, 0.29) is 6.04 Å². The smallest absolute Gasteiger partial charge is 0.0502 e. The Morgan fingerprint density at radius 2 is 1.79 bits per heavy atom. The number of fused-ring (bicyclic) bond motifs is 1. The highest BCUT2D eigenvalue weighted by Gasteiger charge is 2.53. The first-order valence-corrected chi connectivity index (χ1v) is 7.64. The molecule has 1 aromatic rings. The van der Waals surface area contributed by atoms with Crippen LogP contribution in [0.15, 0.2) is 24.3 Å². The van der Waals surface area contributed by atoms with Crippen molar-refractivity contribution in [2.24, 2.45) is 23.5 Å². The molecule has 104 valence electrons. The van der Waals surface area contributed by atoms with Crippen LogP contribution in [-0.4, -0.2) is 13.7 Å². The summed E-state index contributed by atoms with van der Waals surface area (Å²) in [4.78, 5) is 0. The topological polar surface area (TPSA) is 35.2 Å². The van der Waals surface area contributed by atoms with Crippen molar-refractivity contribution in [2.45, 2.75) is 38.1 Å². The Morgan fingerprint density at radius 1 is 1.16 bits per heavy atom. The summed E-state index contributed by atoms with van der Waals surface area (Å²) in [6.07, 6.45) is 6.64. The second kappa shape index (κ2) is 5.64. The molecule has 2 aliphatic rings. The van der Waals surface area contributed by atoms with Crippen LogP contribution in [-0.2, 0) is 11.2 Å². The molecule has 3 rings (SSSR count). The minimum Gasteiger partial charge on any atom is -0.384 e. The number of nitrogens with two attached hydrogens (primary N) is 1. The molecule has 0 bridgehead atoms. The van der Waals surface area contributed by atoms with Crippen molar-refractivity contribution in [2.75, 3.05) is 13.7 Å². The van der Waals surface area contributed by atoms with Crippen LogP contribution in [0.5, 0.6) is 0 Å². The van der Waals surface area contributed by atoms with Gasteiger partial charge in [-0.25, -0.2) is 0 Å². The normalized spacial score (nSPS) is 30.7. The van der Waals surface area contributed by atoms with Gasteiger partial charge >= 0.3 is 0 Å². The van der Waals surface area contributed by atoms with Crippen molar-refractivity contribution < 1.29 is 4.74 Å². The minimum atomic E-state index is 0.254. The first kappa shape index (κ1) is 13.1. The highest BCUT2D eigenvalue weighted by atomic mass is 16.5. The molecule has 2 N–H and O–H groups in total. The van der Waals surface area contributed by atoms with E-state index >= 15 is 0 Å². The quantitative estimate of drug-likeness (QED) is 0.880. The third-order valence-corrected chi connectivity index (χ3v) is 5.10.